The summed E-state index contributed by atoms with van der Waals surface area (Å²) < 4.78 is 26.1. The highest BCUT2D eigenvalue weighted by Gasteiger charge is 2.45. The van der Waals surface area contributed by atoms with Crippen LogP contribution in [-0.4, -0.2) is 28.1 Å². The average Bonchev–Trinajstić information content (AvgIpc) is 2.78. The summed E-state index contributed by atoms with van der Waals surface area (Å²) in [5.74, 6) is -2.62. The number of benzene rings is 1. The van der Waals surface area contributed by atoms with Crippen LogP contribution in [0.1, 0.15) is 31.7 Å². The number of halogens is 2. The van der Waals surface area contributed by atoms with E-state index in [-0.39, 0.29) is 0 Å². The van der Waals surface area contributed by atoms with Gasteiger partial charge in [0.05, 0.1) is 0 Å². The third-order valence-corrected chi connectivity index (χ3v) is 3.96. The second kappa shape index (κ2) is 5.25. The predicted octanol–water partition coefficient (Wildman–Crippen LogP) is 2.79. The lowest BCUT2D eigenvalue weighted by molar-refractivity contribution is -0.150. The Hall–Kier alpha value is -1.49. The zero-order valence-corrected chi connectivity index (χ0v) is 10.8. The minimum Gasteiger partial charge on any atom is -0.480 e. The van der Waals surface area contributed by atoms with Crippen LogP contribution in [0.4, 0.5) is 8.78 Å². The van der Waals surface area contributed by atoms with Gasteiger partial charge < -0.3 is 5.11 Å². The number of carbonyl (C=O) groups is 1. The number of carboxylic acids is 1. The molecule has 1 aromatic carbocycles. The van der Waals surface area contributed by atoms with E-state index in [0.29, 0.717) is 31.5 Å². The summed E-state index contributed by atoms with van der Waals surface area (Å²) in [6.45, 7) is 2.84. The molecule has 1 unspecified atom stereocenters. The van der Waals surface area contributed by atoms with Gasteiger partial charge in [-0.25, -0.2) is 8.78 Å². The standard InChI is InChI=1S/C14H17F2NO2/c1-2-14(13(18)19)6-3-7-17(14)9-10-4-5-11(15)12(16)8-10/h4-5,8H,2-3,6-7,9H2,1H3,(H,18,19). The number of hydrogen-bond donors (Lipinski definition) is 1. The minimum atomic E-state index is -0.894. The summed E-state index contributed by atoms with van der Waals surface area (Å²) in [6.07, 6.45) is 1.92. The molecule has 0 aromatic heterocycles. The molecule has 0 saturated carbocycles. The van der Waals surface area contributed by atoms with E-state index in [2.05, 4.69) is 0 Å². The second-order valence-electron chi connectivity index (χ2n) is 4.96. The summed E-state index contributed by atoms with van der Waals surface area (Å²) in [5, 5.41) is 9.44. The third-order valence-electron chi connectivity index (χ3n) is 3.96. The van der Waals surface area contributed by atoms with E-state index >= 15 is 0 Å². The van der Waals surface area contributed by atoms with Crippen molar-refractivity contribution >= 4 is 5.97 Å². The fourth-order valence-corrected chi connectivity index (χ4v) is 2.82. The van der Waals surface area contributed by atoms with Crippen LogP contribution in [-0.2, 0) is 11.3 Å². The molecule has 1 saturated heterocycles. The van der Waals surface area contributed by atoms with Gasteiger partial charge in [0.2, 0.25) is 0 Å². The van der Waals surface area contributed by atoms with Crippen LogP contribution in [0.25, 0.3) is 0 Å². The van der Waals surface area contributed by atoms with Crippen LogP contribution in [0.15, 0.2) is 18.2 Å². The smallest absolute Gasteiger partial charge is 0.324 e. The van der Waals surface area contributed by atoms with Gasteiger partial charge >= 0.3 is 5.97 Å². The van der Waals surface area contributed by atoms with Gasteiger partial charge in [0.25, 0.3) is 0 Å². The molecule has 0 amide bonds. The van der Waals surface area contributed by atoms with Gasteiger partial charge in [0.1, 0.15) is 5.54 Å². The Morgan fingerprint density at radius 1 is 1.42 bits per heavy atom. The lowest BCUT2D eigenvalue weighted by Crippen LogP contribution is -2.49. The van der Waals surface area contributed by atoms with Crippen molar-refractivity contribution in [1.82, 2.24) is 4.90 Å². The van der Waals surface area contributed by atoms with Crippen molar-refractivity contribution in [2.24, 2.45) is 0 Å². The van der Waals surface area contributed by atoms with Gasteiger partial charge in [0, 0.05) is 6.54 Å². The molecule has 1 aromatic rings. The number of hydrogen-bond acceptors (Lipinski definition) is 2. The first-order chi connectivity index (χ1) is 8.99. The number of carboxylic acid groups (broad SMARTS) is 1. The first-order valence-electron chi connectivity index (χ1n) is 6.42. The van der Waals surface area contributed by atoms with Gasteiger partial charge in [-0.15, -0.1) is 0 Å². The van der Waals surface area contributed by atoms with Crippen molar-refractivity contribution in [3.05, 3.63) is 35.4 Å². The lowest BCUT2D eigenvalue weighted by atomic mass is 9.92. The molecule has 5 heteroatoms. The topological polar surface area (TPSA) is 40.5 Å². The molecule has 104 valence electrons. The molecular formula is C14H17F2NO2. The normalized spacial score (nSPS) is 23.7. The van der Waals surface area contributed by atoms with Crippen LogP contribution in [0.3, 0.4) is 0 Å². The zero-order chi connectivity index (χ0) is 14.0. The van der Waals surface area contributed by atoms with E-state index in [1.807, 2.05) is 11.8 Å². The lowest BCUT2D eigenvalue weighted by Gasteiger charge is -2.33. The van der Waals surface area contributed by atoms with E-state index < -0.39 is 23.1 Å². The molecule has 1 N–H and O–H groups in total. The highest BCUT2D eigenvalue weighted by atomic mass is 19.2. The number of rotatable bonds is 4. The molecule has 0 bridgehead atoms. The summed E-state index contributed by atoms with van der Waals surface area (Å²) in [5.41, 5.74) is -0.273. The van der Waals surface area contributed by atoms with E-state index in [9.17, 15) is 18.7 Å². The van der Waals surface area contributed by atoms with Crippen LogP contribution in [0.2, 0.25) is 0 Å². The first-order valence-corrected chi connectivity index (χ1v) is 6.42. The van der Waals surface area contributed by atoms with Crippen LogP contribution >= 0.6 is 0 Å². The van der Waals surface area contributed by atoms with Crippen LogP contribution in [0.5, 0.6) is 0 Å². The molecule has 0 radical (unpaired) electrons. The van der Waals surface area contributed by atoms with Crippen molar-refractivity contribution in [2.45, 2.75) is 38.3 Å². The Morgan fingerprint density at radius 3 is 2.74 bits per heavy atom. The average molecular weight is 269 g/mol. The molecule has 1 heterocycles. The maximum absolute atomic E-state index is 13.2. The maximum Gasteiger partial charge on any atom is 0.324 e. The molecule has 1 aliphatic heterocycles. The zero-order valence-electron chi connectivity index (χ0n) is 10.8. The SMILES string of the molecule is CCC1(C(=O)O)CCCN1Cc1ccc(F)c(F)c1. The molecular weight excluding hydrogens is 252 g/mol. The minimum absolute atomic E-state index is 0.331. The van der Waals surface area contributed by atoms with E-state index in [1.165, 1.54) is 6.07 Å². The Morgan fingerprint density at radius 2 is 2.16 bits per heavy atom. The predicted molar refractivity (Wildman–Crippen MR) is 66.7 cm³/mol. The number of aliphatic carboxylic acids is 1. The summed E-state index contributed by atoms with van der Waals surface area (Å²) >= 11 is 0. The van der Waals surface area contributed by atoms with Crippen molar-refractivity contribution in [2.75, 3.05) is 6.54 Å². The Balaban J connectivity index is 2.21. The highest BCUT2D eigenvalue weighted by molar-refractivity contribution is 5.79. The molecule has 1 aliphatic rings. The van der Waals surface area contributed by atoms with Crippen molar-refractivity contribution in [1.29, 1.82) is 0 Å². The van der Waals surface area contributed by atoms with Crippen molar-refractivity contribution in [3.63, 3.8) is 0 Å². The highest BCUT2D eigenvalue weighted by Crippen LogP contribution is 2.34. The fraction of sp³-hybridized carbons (Fsp3) is 0.500. The molecule has 0 aliphatic carbocycles. The summed E-state index contributed by atoms with van der Waals surface area (Å²) in [6, 6.07) is 3.71. The molecule has 2 rings (SSSR count). The summed E-state index contributed by atoms with van der Waals surface area (Å²) in [7, 11) is 0. The summed E-state index contributed by atoms with van der Waals surface area (Å²) in [4.78, 5) is 13.3. The molecule has 1 fully saturated rings. The van der Waals surface area contributed by atoms with Gasteiger partial charge in [-0.2, -0.15) is 0 Å². The van der Waals surface area contributed by atoms with E-state index in [1.54, 1.807) is 0 Å². The molecule has 3 nitrogen and oxygen atoms in total. The van der Waals surface area contributed by atoms with Crippen LogP contribution in [0, 0.1) is 11.6 Å². The van der Waals surface area contributed by atoms with Gasteiger partial charge in [-0.05, 0) is 43.5 Å². The maximum atomic E-state index is 13.2. The van der Waals surface area contributed by atoms with Gasteiger partial charge in [0.15, 0.2) is 11.6 Å². The van der Waals surface area contributed by atoms with Gasteiger partial charge in [-0.1, -0.05) is 13.0 Å². The number of likely N-dealkylation sites (tertiary alicyclic amines) is 1. The number of nitrogens with zero attached hydrogens (tertiary/aromatic N) is 1. The Labute approximate surface area is 110 Å². The molecule has 0 spiro atoms. The fourth-order valence-electron chi connectivity index (χ4n) is 2.82. The monoisotopic (exact) mass is 269 g/mol. The quantitative estimate of drug-likeness (QED) is 0.913. The first kappa shape index (κ1) is 13.9. The molecule has 19 heavy (non-hydrogen) atoms. The van der Waals surface area contributed by atoms with Gasteiger partial charge in [-0.3, -0.25) is 9.69 Å². The molecule has 1 atom stereocenters. The van der Waals surface area contributed by atoms with E-state index in [4.69, 9.17) is 0 Å². The van der Waals surface area contributed by atoms with E-state index in [0.717, 1.165) is 18.6 Å². The Kier molecular flexibility index (Phi) is 3.85. The third kappa shape index (κ3) is 2.47. The van der Waals surface area contributed by atoms with Crippen LogP contribution < -0.4 is 0 Å². The second-order valence-corrected chi connectivity index (χ2v) is 4.96. The largest absolute Gasteiger partial charge is 0.480 e. The van der Waals surface area contributed by atoms with Crippen molar-refractivity contribution in [3.8, 4) is 0 Å². The Bertz CT molecular complexity index is 492. The van der Waals surface area contributed by atoms with Crippen molar-refractivity contribution < 1.29 is 18.7 Å².